The first-order chi connectivity index (χ1) is 15.6. The minimum Gasteiger partial charge on any atom is -0.497 e. The highest BCUT2D eigenvalue weighted by Gasteiger charge is 2.18. The van der Waals surface area contributed by atoms with Crippen LogP contribution in [0.4, 0.5) is 11.4 Å². The van der Waals surface area contributed by atoms with Gasteiger partial charge in [0.05, 0.1) is 31.7 Å². The molecule has 6 nitrogen and oxygen atoms in total. The molecule has 0 unspecified atom stereocenters. The number of rotatable bonds is 7. The maximum Gasteiger partial charge on any atom is 0.162 e. The quantitative estimate of drug-likeness (QED) is 0.473. The minimum absolute atomic E-state index is 0.528. The largest absolute Gasteiger partial charge is 0.497 e. The first-order valence-corrected chi connectivity index (χ1v) is 10.8. The van der Waals surface area contributed by atoms with Gasteiger partial charge in [0, 0.05) is 16.1 Å². The molecular weight excluding hydrogens is 426 g/mol. The van der Waals surface area contributed by atoms with Crippen LogP contribution < -0.4 is 19.5 Å². The molecule has 1 aliphatic rings. The second kappa shape index (κ2) is 9.75. The van der Waals surface area contributed by atoms with Gasteiger partial charge in [-0.2, -0.15) is 0 Å². The number of ether oxygens (including phenoxy) is 3. The number of benzene rings is 3. The number of nitrogens with one attached hydrogen (secondary N) is 1. The van der Waals surface area contributed by atoms with Crippen molar-refractivity contribution >= 4 is 34.6 Å². The van der Waals surface area contributed by atoms with Crippen LogP contribution >= 0.6 is 11.6 Å². The minimum atomic E-state index is 0.528. The molecule has 0 bridgehead atoms. The molecule has 1 aliphatic heterocycles. The molecule has 3 aromatic rings. The molecule has 0 saturated carbocycles. The normalized spacial score (nSPS) is 12.6. The van der Waals surface area contributed by atoms with Crippen LogP contribution in [0.2, 0.25) is 5.02 Å². The molecule has 0 aromatic heterocycles. The second-order valence-corrected chi connectivity index (χ2v) is 7.37. The number of hydrogen-bond donors (Lipinski definition) is 1. The molecule has 0 radical (unpaired) electrons. The molecule has 0 fully saturated rings. The average Bonchev–Trinajstić information content (AvgIpc) is 3.00. The summed E-state index contributed by atoms with van der Waals surface area (Å²) in [5.74, 6) is 3.33. The Hall–Kier alpha value is -3.51. The Morgan fingerprint density at radius 2 is 1.53 bits per heavy atom. The summed E-state index contributed by atoms with van der Waals surface area (Å²) < 4.78 is 16.8. The van der Waals surface area contributed by atoms with Gasteiger partial charge in [-0.3, -0.25) is 0 Å². The first-order valence-electron chi connectivity index (χ1n) is 10.4. The Labute approximate surface area is 192 Å². The highest BCUT2D eigenvalue weighted by Crippen LogP contribution is 2.34. The number of aliphatic imine (C=N–C) groups is 2. The first kappa shape index (κ1) is 21.7. The zero-order valence-electron chi connectivity index (χ0n) is 18.2. The lowest BCUT2D eigenvalue weighted by Gasteiger charge is -2.14. The van der Waals surface area contributed by atoms with E-state index >= 15 is 0 Å². The third kappa shape index (κ3) is 4.70. The van der Waals surface area contributed by atoms with Gasteiger partial charge in [-0.15, -0.1) is 0 Å². The van der Waals surface area contributed by atoms with Gasteiger partial charge in [-0.05, 0) is 74.5 Å². The highest BCUT2D eigenvalue weighted by molar-refractivity contribution is 6.31. The summed E-state index contributed by atoms with van der Waals surface area (Å²) >= 11 is 6.25. The fourth-order valence-corrected chi connectivity index (χ4v) is 3.48. The summed E-state index contributed by atoms with van der Waals surface area (Å²) in [6.07, 6.45) is 0. The van der Waals surface area contributed by atoms with E-state index in [9.17, 15) is 0 Å². The number of amidine groups is 2. The SMILES string of the molecule is CCOc1ccc(C2=NC(c3ccc(OC)cc3)=Nc3ccc(Cl)cc3N2)cc1OCC. The number of nitrogens with zero attached hydrogens (tertiary/aromatic N) is 2. The van der Waals surface area contributed by atoms with E-state index in [1.54, 1.807) is 7.11 Å². The van der Waals surface area contributed by atoms with Crippen LogP contribution in [0.3, 0.4) is 0 Å². The Kier molecular flexibility index (Phi) is 6.61. The van der Waals surface area contributed by atoms with E-state index in [4.69, 9.17) is 35.8 Å². The second-order valence-electron chi connectivity index (χ2n) is 6.94. The molecule has 0 atom stereocenters. The highest BCUT2D eigenvalue weighted by atomic mass is 35.5. The van der Waals surface area contributed by atoms with Crippen molar-refractivity contribution in [2.45, 2.75) is 13.8 Å². The number of fused-ring (bicyclic) bond motifs is 1. The van der Waals surface area contributed by atoms with Crippen molar-refractivity contribution in [3.63, 3.8) is 0 Å². The van der Waals surface area contributed by atoms with E-state index in [-0.39, 0.29) is 0 Å². The summed E-state index contributed by atoms with van der Waals surface area (Å²) in [5.41, 5.74) is 3.22. The fourth-order valence-electron chi connectivity index (χ4n) is 3.31. The Balaban J connectivity index is 1.82. The van der Waals surface area contributed by atoms with Crippen LogP contribution in [0.25, 0.3) is 0 Å². The number of anilines is 1. The topological polar surface area (TPSA) is 64.4 Å². The molecule has 7 heteroatoms. The Morgan fingerprint density at radius 1 is 0.812 bits per heavy atom. The molecule has 0 aliphatic carbocycles. The van der Waals surface area contributed by atoms with E-state index in [0.29, 0.717) is 41.4 Å². The monoisotopic (exact) mass is 449 g/mol. The van der Waals surface area contributed by atoms with Crippen molar-refractivity contribution in [2.24, 2.45) is 9.98 Å². The lowest BCUT2D eigenvalue weighted by molar-refractivity contribution is 0.288. The maximum absolute atomic E-state index is 6.25. The van der Waals surface area contributed by atoms with Crippen LogP contribution in [0, 0.1) is 0 Å². The van der Waals surface area contributed by atoms with E-state index in [1.807, 2.05) is 74.5 Å². The van der Waals surface area contributed by atoms with Crippen molar-refractivity contribution in [3.05, 3.63) is 76.8 Å². The summed E-state index contributed by atoms with van der Waals surface area (Å²) in [6, 6.07) is 18.9. The van der Waals surface area contributed by atoms with Gasteiger partial charge >= 0.3 is 0 Å². The standard InChI is InChI=1S/C25H24ClN3O3/c1-4-31-22-13-8-17(14-23(22)32-5-2)25-28-21-15-18(26)9-12-20(21)27-24(29-25)16-6-10-19(30-3)11-7-16/h6-15H,4-5H2,1-3H3,(H,27,28,29). The molecule has 4 rings (SSSR count). The molecule has 1 heterocycles. The van der Waals surface area contributed by atoms with Gasteiger partial charge in [0.25, 0.3) is 0 Å². The van der Waals surface area contributed by atoms with E-state index in [1.165, 1.54) is 0 Å². The smallest absolute Gasteiger partial charge is 0.162 e. The van der Waals surface area contributed by atoms with Crippen LogP contribution in [-0.4, -0.2) is 32.0 Å². The number of methoxy groups -OCH3 is 1. The molecule has 1 N–H and O–H groups in total. The number of hydrogen-bond acceptors (Lipinski definition) is 6. The summed E-state index contributed by atoms with van der Waals surface area (Å²) in [5, 5.41) is 4.00. The molecule has 164 valence electrons. The molecule has 0 amide bonds. The Morgan fingerprint density at radius 3 is 2.25 bits per heavy atom. The van der Waals surface area contributed by atoms with Crippen LogP contribution in [0.15, 0.2) is 70.6 Å². The lowest BCUT2D eigenvalue weighted by atomic mass is 10.1. The molecule has 3 aromatic carbocycles. The average molecular weight is 450 g/mol. The van der Waals surface area contributed by atoms with Gasteiger partial charge in [0.2, 0.25) is 0 Å². The third-order valence-corrected chi connectivity index (χ3v) is 5.06. The summed E-state index contributed by atoms with van der Waals surface area (Å²) in [7, 11) is 1.64. The summed E-state index contributed by atoms with van der Waals surface area (Å²) in [4.78, 5) is 9.67. The van der Waals surface area contributed by atoms with Crippen molar-refractivity contribution in [3.8, 4) is 17.2 Å². The van der Waals surface area contributed by atoms with Crippen LogP contribution in [0.1, 0.15) is 25.0 Å². The fraction of sp³-hybridized carbons (Fsp3) is 0.200. The zero-order chi connectivity index (χ0) is 22.5. The predicted octanol–water partition coefficient (Wildman–Crippen LogP) is 6.10. The lowest BCUT2D eigenvalue weighted by Crippen LogP contribution is -2.15. The van der Waals surface area contributed by atoms with E-state index in [0.717, 1.165) is 28.3 Å². The van der Waals surface area contributed by atoms with E-state index in [2.05, 4.69) is 5.32 Å². The van der Waals surface area contributed by atoms with Crippen LogP contribution in [0.5, 0.6) is 17.2 Å². The molecular formula is C25H24ClN3O3. The van der Waals surface area contributed by atoms with Crippen molar-refractivity contribution < 1.29 is 14.2 Å². The number of halogens is 1. The van der Waals surface area contributed by atoms with Crippen molar-refractivity contribution in [2.75, 3.05) is 25.6 Å². The van der Waals surface area contributed by atoms with Crippen molar-refractivity contribution in [1.82, 2.24) is 0 Å². The van der Waals surface area contributed by atoms with Gasteiger partial charge in [0.15, 0.2) is 17.3 Å². The van der Waals surface area contributed by atoms with Gasteiger partial charge in [-0.1, -0.05) is 11.6 Å². The maximum atomic E-state index is 6.25. The van der Waals surface area contributed by atoms with Gasteiger partial charge in [-0.25, -0.2) is 9.98 Å². The van der Waals surface area contributed by atoms with Gasteiger partial charge < -0.3 is 19.5 Å². The van der Waals surface area contributed by atoms with Crippen LogP contribution in [-0.2, 0) is 0 Å². The van der Waals surface area contributed by atoms with Gasteiger partial charge in [0.1, 0.15) is 11.6 Å². The Bertz CT molecular complexity index is 1170. The van der Waals surface area contributed by atoms with E-state index < -0.39 is 0 Å². The molecule has 32 heavy (non-hydrogen) atoms. The zero-order valence-corrected chi connectivity index (χ0v) is 18.9. The predicted molar refractivity (Wildman–Crippen MR) is 130 cm³/mol. The third-order valence-electron chi connectivity index (χ3n) is 4.82. The van der Waals surface area contributed by atoms with Crippen molar-refractivity contribution in [1.29, 1.82) is 0 Å². The molecule has 0 saturated heterocycles. The summed E-state index contributed by atoms with van der Waals surface area (Å²) in [6.45, 7) is 4.97. The molecule has 0 spiro atoms.